The maximum atomic E-state index is 13.0. The molecule has 1 aliphatic heterocycles. The molecular formula is C26H23F2N3O3. The van der Waals surface area contributed by atoms with Gasteiger partial charge in [0.25, 0.3) is 0 Å². The molecule has 3 aromatic rings. The van der Waals surface area contributed by atoms with E-state index in [0.29, 0.717) is 24.6 Å². The molecule has 0 aromatic heterocycles. The van der Waals surface area contributed by atoms with Crippen molar-refractivity contribution in [3.63, 3.8) is 0 Å². The van der Waals surface area contributed by atoms with Gasteiger partial charge in [-0.2, -0.15) is 5.10 Å². The maximum absolute atomic E-state index is 13.0. The Hall–Kier alpha value is -4.07. The average Bonchev–Trinajstić information content (AvgIpc) is 3.24. The first-order valence-electron chi connectivity index (χ1n) is 10.7. The molecule has 8 heteroatoms. The van der Waals surface area contributed by atoms with Crippen molar-refractivity contribution in [2.75, 3.05) is 0 Å². The molecular weight excluding hydrogens is 440 g/mol. The van der Waals surface area contributed by atoms with Crippen LogP contribution in [0.25, 0.3) is 0 Å². The van der Waals surface area contributed by atoms with E-state index >= 15 is 0 Å². The number of ether oxygens (including phenoxy) is 1. The molecule has 34 heavy (non-hydrogen) atoms. The van der Waals surface area contributed by atoms with Crippen LogP contribution in [0.1, 0.15) is 47.8 Å². The van der Waals surface area contributed by atoms with Gasteiger partial charge < -0.3 is 9.57 Å². The number of hydrogen-bond donors (Lipinski definition) is 0. The molecule has 6 nitrogen and oxygen atoms in total. The Balaban J connectivity index is 1.40. The minimum absolute atomic E-state index is 0.112. The Kier molecular flexibility index (Phi) is 6.96. The quantitative estimate of drug-likeness (QED) is 0.199. The number of carbonyl (C=O) groups excluding carboxylic acids is 1. The van der Waals surface area contributed by atoms with E-state index in [-0.39, 0.29) is 17.4 Å². The minimum Gasteiger partial charge on any atom is -0.489 e. The zero-order chi connectivity index (χ0) is 24.1. The van der Waals surface area contributed by atoms with Crippen molar-refractivity contribution in [3.05, 3.63) is 101 Å². The SMILES string of the molecule is CC1=NN(/C(C)=N\OC(=O)c2ccc(F)cc2)C(c2ccc(OCc3ccc(F)cc3)cc2)C1. The monoisotopic (exact) mass is 463 g/mol. The molecule has 0 fully saturated rings. The highest BCUT2D eigenvalue weighted by Crippen LogP contribution is 2.32. The summed E-state index contributed by atoms with van der Waals surface area (Å²) in [7, 11) is 0. The van der Waals surface area contributed by atoms with E-state index in [1.54, 1.807) is 24.1 Å². The van der Waals surface area contributed by atoms with Crippen molar-refractivity contribution in [1.82, 2.24) is 5.01 Å². The van der Waals surface area contributed by atoms with Crippen molar-refractivity contribution in [2.24, 2.45) is 10.3 Å². The summed E-state index contributed by atoms with van der Waals surface area (Å²) in [6, 6.07) is 18.7. The number of hydrogen-bond acceptors (Lipinski definition) is 5. The van der Waals surface area contributed by atoms with Gasteiger partial charge in [-0.1, -0.05) is 29.4 Å². The number of oxime groups is 1. The topological polar surface area (TPSA) is 63.5 Å². The van der Waals surface area contributed by atoms with E-state index in [9.17, 15) is 13.6 Å². The van der Waals surface area contributed by atoms with Gasteiger partial charge in [-0.15, -0.1) is 0 Å². The highest BCUT2D eigenvalue weighted by atomic mass is 19.1. The Labute approximate surface area is 196 Å². The molecule has 174 valence electrons. The fourth-order valence-electron chi connectivity index (χ4n) is 3.54. The lowest BCUT2D eigenvalue weighted by molar-refractivity contribution is 0.0507. The zero-order valence-electron chi connectivity index (χ0n) is 18.7. The van der Waals surface area contributed by atoms with Crippen molar-refractivity contribution >= 4 is 17.5 Å². The molecule has 0 saturated heterocycles. The molecule has 1 unspecified atom stereocenters. The highest BCUT2D eigenvalue weighted by molar-refractivity contribution is 5.91. The molecule has 0 spiro atoms. The summed E-state index contributed by atoms with van der Waals surface area (Å²) in [4.78, 5) is 17.2. The number of amidine groups is 1. The van der Waals surface area contributed by atoms with Gasteiger partial charge in [0, 0.05) is 12.1 Å². The lowest BCUT2D eigenvalue weighted by Crippen LogP contribution is -2.25. The van der Waals surface area contributed by atoms with Crippen LogP contribution in [-0.2, 0) is 11.4 Å². The number of halogens is 2. The van der Waals surface area contributed by atoms with Gasteiger partial charge in [0.2, 0.25) is 0 Å². The highest BCUT2D eigenvalue weighted by Gasteiger charge is 2.28. The fraction of sp³-hybridized carbons (Fsp3) is 0.192. The normalized spacial score (nSPS) is 15.8. The first-order chi connectivity index (χ1) is 16.4. The molecule has 0 N–H and O–H groups in total. The van der Waals surface area contributed by atoms with Crippen LogP contribution in [0.2, 0.25) is 0 Å². The molecule has 0 bridgehead atoms. The molecule has 0 radical (unpaired) electrons. The van der Waals surface area contributed by atoms with E-state index in [1.165, 1.54) is 36.4 Å². The molecule has 1 heterocycles. The Morgan fingerprint density at radius 3 is 2.26 bits per heavy atom. The Morgan fingerprint density at radius 2 is 1.62 bits per heavy atom. The van der Waals surface area contributed by atoms with Crippen LogP contribution in [-0.4, -0.2) is 22.5 Å². The predicted octanol–water partition coefficient (Wildman–Crippen LogP) is 5.86. The van der Waals surface area contributed by atoms with Crippen molar-refractivity contribution in [3.8, 4) is 5.75 Å². The van der Waals surface area contributed by atoms with Crippen LogP contribution < -0.4 is 4.74 Å². The second-order valence-corrected chi connectivity index (χ2v) is 7.91. The van der Waals surface area contributed by atoms with Crippen molar-refractivity contribution in [2.45, 2.75) is 32.9 Å². The second kappa shape index (κ2) is 10.2. The summed E-state index contributed by atoms with van der Waals surface area (Å²) >= 11 is 0. The van der Waals surface area contributed by atoms with Gasteiger partial charge in [0.15, 0.2) is 5.84 Å². The lowest BCUT2D eigenvalue weighted by atomic mass is 10.0. The summed E-state index contributed by atoms with van der Waals surface area (Å²) in [5.41, 5.74) is 2.99. The first-order valence-corrected chi connectivity index (χ1v) is 10.7. The average molecular weight is 463 g/mol. The largest absolute Gasteiger partial charge is 0.489 e. The van der Waals surface area contributed by atoms with Crippen LogP contribution in [0.4, 0.5) is 8.78 Å². The molecule has 4 rings (SSSR count). The van der Waals surface area contributed by atoms with Crippen molar-refractivity contribution in [1.29, 1.82) is 0 Å². The predicted molar refractivity (Wildman–Crippen MR) is 124 cm³/mol. The van der Waals surface area contributed by atoms with Gasteiger partial charge in [-0.25, -0.2) is 18.6 Å². The van der Waals surface area contributed by atoms with Gasteiger partial charge in [-0.3, -0.25) is 0 Å². The van der Waals surface area contributed by atoms with E-state index < -0.39 is 11.8 Å². The zero-order valence-corrected chi connectivity index (χ0v) is 18.7. The number of rotatable bonds is 6. The maximum Gasteiger partial charge on any atom is 0.365 e. The van der Waals surface area contributed by atoms with Crippen LogP contribution in [0.5, 0.6) is 5.75 Å². The lowest BCUT2D eigenvalue weighted by Gasteiger charge is -2.23. The third-order valence-corrected chi connectivity index (χ3v) is 5.32. The Bertz CT molecular complexity index is 1210. The molecule has 1 atom stereocenters. The molecule has 0 saturated carbocycles. The summed E-state index contributed by atoms with van der Waals surface area (Å²) < 4.78 is 31.9. The van der Waals surface area contributed by atoms with E-state index in [2.05, 4.69) is 10.3 Å². The smallest absolute Gasteiger partial charge is 0.365 e. The van der Waals surface area contributed by atoms with Crippen molar-refractivity contribution < 1.29 is 23.1 Å². The number of carbonyl (C=O) groups is 1. The number of benzene rings is 3. The van der Waals surface area contributed by atoms with Gasteiger partial charge in [0.05, 0.1) is 11.6 Å². The first kappa shape index (κ1) is 23.1. The van der Waals surface area contributed by atoms with Gasteiger partial charge >= 0.3 is 5.97 Å². The summed E-state index contributed by atoms with van der Waals surface area (Å²) in [5.74, 6) is -0.301. The summed E-state index contributed by atoms with van der Waals surface area (Å²) in [5, 5.41) is 10.2. The standard InChI is InChI=1S/C26H23F2N3O3/c1-17-15-25(20-7-13-24(14-8-20)33-16-19-3-9-22(27)10-4-19)31(29-17)18(2)30-34-26(32)21-5-11-23(28)12-6-21/h3-14,25H,15-16H2,1-2H3/b30-18-. The molecule has 1 aliphatic rings. The minimum atomic E-state index is -0.682. The third-order valence-electron chi connectivity index (χ3n) is 5.32. The van der Waals surface area contributed by atoms with Crippen LogP contribution >= 0.6 is 0 Å². The summed E-state index contributed by atoms with van der Waals surface area (Å²) in [6.07, 6.45) is 0.689. The molecule has 0 aliphatic carbocycles. The fourth-order valence-corrected chi connectivity index (χ4v) is 3.54. The van der Waals surface area contributed by atoms with Crippen LogP contribution in [0, 0.1) is 11.6 Å². The van der Waals surface area contributed by atoms with Gasteiger partial charge in [-0.05, 0) is 73.5 Å². The second-order valence-electron chi connectivity index (χ2n) is 7.91. The molecule has 3 aromatic carbocycles. The Morgan fingerprint density at radius 1 is 1.00 bits per heavy atom. The van der Waals surface area contributed by atoms with Crippen LogP contribution in [0.15, 0.2) is 83.1 Å². The van der Waals surface area contributed by atoms with E-state index in [4.69, 9.17) is 9.57 Å². The van der Waals surface area contributed by atoms with Crippen LogP contribution in [0.3, 0.4) is 0 Å². The number of hydrazone groups is 1. The third kappa shape index (κ3) is 5.64. The number of nitrogens with zero attached hydrogens (tertiary/aromatic N) is 3. The van der Waals surface area contributed by atoms with E-state index in [0.717, 1.165) is 16.8 Å². The summed E-state index contributed by atoms with van der Waals surface area (Å²) in [6.45, 7) is 3.96. The molecule has 0 amide bonds. The van der Waals surface area contributed by atoms with Gasteiger partial charge in [0.1, 0.15) is 24.0 Å². The van der Waals surface area contributed by atoms with E-state index in [1.807, 2.05) is 31.2 Å².